The maximum Gasteiger partial charge on any atom is 0.499 e. The van der Waals surface area contributed by atoms with Crippen LogP contribution in [-0.4, -0.2) is 47.2 Å². The van der Waals surface area contributed by atoms with Crippen LogP contribution >= 0.6 is 7.14 Å². The molecule has 180 valence electrons. The molecule has 0 aliphatic carbocycles. The summed E-state index contributed by atoms with van der Waals surface area (Å²) < 4.78 is 29.3. The zero-order valence-electron chi connectivity index (χ0n) is 21.5. The van der Waals surface area contributed by atoms with Crippen LogP contribution in [-0.2, 0) is 9.31 Å². The van der Waals surface area contributed by atoms with E-state index in [2.05, 4.69) is 0 Å². The van der Waals surface area contributed by atoms with E-state index in [9.17, 15) is 0 Å². The van der Waals surface area contributed by atoms with Crippen molar-refractivity contribution < 1.29 is 23.5 Å². The predicted molar refractivity (Wildman–Crippen MR) is 146 cm³/mol. The standard InChI is InChI=1S/C27H32B2O5P/c1-26(2)27(3,4)34-29(33-26)24-18-21(32-7)12-17-25(24)35(28,22-13-8-19(30-5)9-14-22)23-15-10-20(31-6)11-16-23/h8-18H,1-7H3/q+1. The van der Waals surface area contributed by atoms with Gasteiger partial charge in [0.2, 0.25) is 0 Å². The molecule has 8 heteroatoms. The Morgan fingerprint density at radius 1 is 0.657 bits per heavy atom. The molecule has 1 saturated heterocycles. The van der Waals surface area contributed by atoms with Crippen molar-refractivity contribution in [3.05, 3.63) is 66.7 Å². The molecule has 4 rings (SSSR count). The Hall–Kier alpha value is -2.46. The van der Waals surface area contributed by atoms with Gasteiger partial charge in [0.1, 0.15) is 17.2 Å². The number of rotatable bonds is 7. The van der Waals surface area contributed by atoms with Crippen LogP contribution in [0.15, 0.2) is 66.7 Å². The van der Waals surface area contributed by atoms with Gasteiger partial charge in [-0.25, -0.2) is 0 Å². The average Bonchev–Trinajstić information content (AvgIpc) is 3.09. The topological polar surface area (TPSA) is 46.2 Å². The number of hydrogen-bond acceptors (Lipinski definition) is 5. The Bertz CT molecular complexity index is 1120. The molecule has 2 radical (unpaired) electrons. The van der Waals surface area contributed by atoms with Crippen molar-refractivity contribution in [2.45, 2.75) is 38.9 Å². The molecule has 3 aromatic rings. The third-order valence-corrected chi connectivity index (χ3v) is 10.5. The first-order valence-corrected chi connectivity index (χ1v) is 13.4. The number of methoxy groups -OCH3 is 3. The van der Waals surface area contributed by atoms with E-state index in [4.69, 9.17) is 31.1 Å². The first kappa shape index (κ1) is 25.6. The van der Waals surface area contributed by atoms with Crippen molar-refractivity contribution in [2.24, 2.45) is 0 Å². The summed E-state index contributed by atoms with van der Waals surface area (Å²) in [7, 11) is 9.27. The molecule has 1 aliphatic rings. The summed E-state index contributed by atoms with van der Waals surface area (Å²) >= 11 is 0. The molecule has 0 N–H and O–H groups in total. The SMILES string of the molecule is [B][P+](c1ccc(OC)cc1)(c1ccc(OC)cc1)c1ccc(OC)cc1B1OC(C)(C)C(C)(C)O1. The lowest BCUT2D eigenvalue weighted by Gasteiger charge is -2.32. The second-order valence-electron chi connectivity index (χ2n) is 9.63. The summed E-state index contributed by atoms with van der Waals surface area (Å²) in [5.41, 5.74) is -0.118. The third-order valence-electron chi connectivity index (χ3n) is 7.08. The van der Waals surface area contributed by atoms with Gasteiger partial charge in [-0.1, -0.05) is 0 Å². The summed E-state index contributed by atoms with van der Waals surface area (Å²) in [6.07, 6.45) is 0. The smallest absolute Gasteiger partial charge is 0.497 e. The summed E-state index contributed by atoms with van der Waals surface area (Å²) in [6, 6.07) is 21.9. The minimum atomic E-state index is -2.62. The van der Waals surface area contributed by atoms with Crippen LogP contribution in [0, 0.1) is 0 Å². The Labute approximate surface area is 210 Å². The highest BCUT2D eigenvalue weighted by Crippen LogP contribution is 2.51. The molecule has 0 saturated carbocycles. The maximum absolute atomic E-state index is 7.52. The van der Waals surface area contributed by atoms with E-state index >= 15 is 0 Å². The maximum atomic E-state index is 7.52. The molecular formula is C27H32B2O5P+. The average molecular weight is 489 g/mol. The van der Waals surface area contributed by atoms with Crippen molar-refractivity contribution >= 4 is 43.2 Å². The molecule has 1 heterocycles. The lowest BCUT2D eigenvalue weighted by Crippen LogP contribution is -2.48. The van der Waals surface area contributed by atoms with E-state index < -0.39 is 25.5 Å². The highest BCUT2D eigenvalue weighted by atomic mass is 31.2. The molecule has 35 heavy (non-hydrogen) atoms. The summed E-state index contributed by atoms with van der Waals surface area (Å²) in [5.74, 6) is 2.27. The largest absolute Gasteiger partial charge is 0.499 e. The summed E-state index contributed by atoms with van der Waals surface area (Å²) in [6.45, 7) is 8.19. The van der Waals surface area contributed by atoms with Crippen LogP contribution in [0.25, 0.3) is 0 Å². The van der Waals surface area contributed by atoms with Gasteiger partial charge in [-0.3, -0.25) is 0 Å². The van der Waals surface area contributed by atoms with Crippen molar-refractivity contribution in [1.29, 1.82) is 0 Å². The number of ether oxygens (including phenoxy) is 3. The fourth-order valence-corrected chi connectivity index (χ4v) is 7.18. The van der Waals surface area contributed by atoms with Gasteiger partial charge < -0.3 is 23.5 Å². The molecule has 1 fully saturated rings. The van der Waals surface area contributed by atoms with E-state index in [0.29, 0.717) is 0 Å². The minimum absolute atomic E-state index is 0.492. The van der Waals surface area contributed by atoms with Crippen molar-refractivity contribution in [3.63, 3.8) is 0 Å². The molecule has 0 amide bonds. The Morgan fingerprint density at radius 3 is 1.46 bits per heavy atom. The van der Waals surface area contributed by atoms with E-state index in [0.717, 1.165) is 38.6 Å². The van der Waals surface area contributed by atoms with Crippen LogP contribution < -0.4 is 35.6 Å². The van der Waals surface area contributed by atoms with Crippen LogP contribution in [0.5, 0.6) is 17.2 Å². The van der Waals surface area contributed by atoms with E-state index in [1.165, 1.54) is 0 Å². The zero-order valence-corrected chi connectivity index (χ0v) is 22.4. The highest BCUT2D eigenvalue weighted by Gasteiger charge is 2.54. The molecule has 5 nitrogen and oxygen atoms in total. The van der Waals surface area contributed by atoms with Crippen LogP contribution in [0.2, 0.25) is 0 Å². The Balaban J connectivity index is 1.95. The lowest BCUT2D eigenvalue weighted by molar-refractivity contribution is 0.00578. The lowest BCUT2D eigenvalue weighted by atomic mass is 9.79. The second-order valence-corrected chi connectivity index (χ2v) is 12.6. The Morgan fingerprint density at radius 2 is 1.06 bits per heavy atom. The first-order valence-electron chi connectivity index (χ1n) is 11.6. The van der Waals surface area contributed by atoms with Gasteiger partial charge in [0.05, 0.1) is 55.6 Å². The fraction of sp³-hybridized carbons (Fsp3) is 0.333. The van der Waals surface area contributed by atoms with Gasteiger partial charge in [-0.05, 0) is 94.4 Å². The van der Waals surface area contributed by atoms with Gasteiger partial charge in [-0.15, -0.1) is 0 Å². The van der Waals surface area contributed by atoms with Crippen LogP contribution in [0.3, 0.4) is 0 Å². The zero-order chi connectivity index (χ0) is 25.4. The van der Waals surface area contributed by atoms with Crippen molar-refractivity contribution in [3.8, 4) is 17.2 Å². The molecule has 0 atom stereocenters. The van der Waals surface area contributed by atoms with Crippen molar-refractivity contribution in [2.75, 3.05) is 21.3 Å². The first-order chi connectivity index (χ1) is 16.6. The normalized spacial score (nSPS) is 16.7. The summed E-state index contributed by atoms with van der Waals surface area (Å²) in [4.78, 5) is 0. The van der Waals surface area contributed by atoms with E-state index in [1.807, 2.05) is 94.4 Å². The molecule has 0 bridgehead atoms. The third kappa shape index (κ3) is 4.58. The fourth-order valence-electron chi connectivity index (χ4n) is 4.20. The number of hydrogen-bond donors (Lipinski definition) is 0. The number of benzene rings is 3. The minimum Gasteiger partial charge on any atom is -0.497 e. The second kappa shape index (κ2) is 9.54. The van der Waals surface area contributed by atoms with Gasteiger partial charge in [0.25, 0.3) is 0 Å². The molecular weight excluding hydrogens is 457 g/mol. The van der Waals surface area contributed by atoms with E-state index in [1.54, 1.807) is 21.3 Å². The molecule has 0 unspecified atom stereocenters. The molecule has 1 aliphatic heterocycles. The Kier molecular flexibility index (Phi) is 6.98. The van der Waals surface area contributed by atoms with Crippen LogP contribution in [0.4, 0.5) is 0 Å². The molecule has 0 aromatic heterocycles. The summed E-state index contributed by atoms with van der Waals surface area (Å²) in [5, 5.41) is 2.98. The van der Waals surface area contributed by atoms with Gasteiger partial charge in [0, 0.05) is 5.46 Å². The van der Waals surface area contributed by atoms with Crippen LogP contribution in [0.1, 0.15) is 27.7 Å². The monoisotopic (exact) mass is 489 g/mol. The predicted octanol–water partition coefficient (Wildman–Crippen LogP) is 3.39. The molecule has 0 spiro atoms. The highest BCUT2D eigenvalue weighted by molar-refractivity contribution is 8.13. The van der Waals surface area contributed by atoms with E-state index in [-0.39, 0.29) is 0 Å². The van der Waals surface area contributed by atoms with Gasteiger partial charge in [0.15, 0.2) is 0 Å². The quantitative estimate of drug-likeness (QED) is 0.377. The van der Waals surface area contributed by atoms with Gasteiger partial charge >= 0.3 is 14.7 Å². The molecule has 3 aromatic carbocycles. The van der Waals surface area contributed by atoms with Gasteiger partial charge in [-0.2, -0.15) is 0 Å². The van der Waals surface area contributed by atoms with Crippen molar-refractivity contribution in [1.82, 2.24) is 0 Å².